The number of aldehydes is 1. The summed E-state index contributed by atoms with van der Waals surface area (Å²) in [6, 6.07) is 6.55. The average molecular weight is 489 g/mol. The monoisotopic (exact) mass is 488 g/mol. The van der Waals surface area contributed by atoms with Crippen LogP contribution in [0.2, 0.25) is 0 Å². The van der Waals surface area contributed by atoms with Crippen LogP contribution in [0.3, 0.4) is 0 Å². The van der Waals surface area contributed by atoms with Crippen molar-refractivity contribution in [2.24, 2.45) is 10.9 Å². The molecule has 3 saturated carbocycles. The Morgan fingerprint density at radius 1 is 1.29 bits per heavy atom. The van der Waals surface area contributed by atoms with Crippen molar-refractivity contribution in [2.75, 3.05) is 5.75 Å². The van der Waals surface area contributed by atoms with E-state index >= 15 is 0 Å². The minimum Gasteiger partial charge on any atom is -0.347 e. The number of fused-ring (bicyclic) bond motifs is 1. The number of amides is 2. The molecule has 2 N–H and O–H groups in total. The van der Waals surface area contributed by atoms with E-state index < -0.39 is 6.04 Å². The number of aromatic nitrogens is 1. The van der Waals surface area contributed by atoms with Gasteiger partial charge in [0.15, 0.2) is 6.29 Å². The van der Waals surface area contributed by atoms with Crippen molar-refractivity contribution in [1.82, 2.24) is 15.2 Å². The van der Waals surface area contributed by atoms with E-state index in [0.29, 0.717) is 28.4 Å². The highest BCUT2D eigenvalue weighted by molar-refractivity contribution is 8.03. The summed E-state index contributed by atoms with van der Waals surface area (Å²) in [6.07, 6.45) is 11.2. The van der Waals surface area contributed by atoms with Crippen LogP contribution in [0.5, 0.6) is 0 Å². The van der Waals surface area contributed by atoms with E-state index in [4.69, 9.17) is 0 Å². The SMILES string of the molecule is C=Cc1ccc(C2=CSCC(NC(=O)[C@H](C)NC(=O)c3ccn(C45CCC(C4)C5)c3)=N2)cc1C=O. The Balaban J connectivity index is 1.21. The van der Waals surface area contributed by atoms with Crippen molar-refractivity contribution >= 4 is 47.5 Å². The molecule has 1 aromatic carbocycles. The van der Waals surface area contributed by atoms with Crippen LogP contribution in [-0.2, 0) is 10.3 Å². The summed E-state index contributed by atoms with van der Waals surface area (Å²) in [6.45, 7) is 5.38. The Labute approximate surface area is 208 Å². The Morgan fingerprint density at radius 3 is 2.83 bits per heavy atom. The lowest BCUT2D eigenvalue weighted by Crippen LogP contribution is -2.47. The summed E-state index contributed by atoms with van der Waals surface area (Å²) >= 11 is 1.51. The number of hydrogen-bond acceptors (Lipinski definition) is 5. The van der Waals surface area contributed by atoms with Gasteiger partial charge in [-0.3, -0.25) is 14.4 Å². The Kier molecular flexibility index (Phi) is 6.23. The van der Waals surface area contributed by atoms with Crippen LogP contribution < -0.4 is 10.6 Å². The third-order valence-electron chi connectivity index (χ3n) is 7.27. The largest absolute Gasteiger partial charge is 0.347 e. The van der Waals surface area contributed by atoms with E-state index in [0.717, 1.165) is 23.3 Å². The third kappa shape index (κ3) is 4.50. The molecular weight excluding hydrogens is 460 g/mol. The molecular formula is C27H28N4O3S. The zero-order chi connectivity index (χ0) is 24.6. The van der Waals surface area contributed by atoms with Gasteiger partial charge < -0.3 is 15.2 Å². The quantitative estimate of drug-likeness (QED) is 0.571. The molecule has 1 aromatic heterocycles. The van der Waals surface area contributed by atoms with Crippen LogP contribution in [0.4, 0.5) is 0 Å². The maximum absolute atomic E-state index is 12.8. The molecule has 4 aliphatic rings. The first kappa shape index (κ1) is 23.4. The predicted octanol–water partition coefficient (Wildman–Crippen LogP) is 4.22. The predicted molar refractivity (Wildman–Crippen MR) is 139 cm³/mol. The van der Waals surface area contributed by atoms with Crippen molar-refractivity contribution in [1.29, 1.82) is 0 Å². The molecule has 6 rings (SSSR count). The fourth-order valence-electron chi connectivity index (χ4n) is 5.28. The molecule has 35 heavy (non-hydrogen) atoms. The first-order valence-electron chi connectivity index (χ1n) is 11.8. The number of nitrogens with one attached hydrogen (secondary N) is 2. The Hall–Kier alpha value is -3.39. The first-order chi connectivity index (χ1) is 16.9. The summed E-state index contributed by atoms with van der Waals surface area (Å²) < 4.78 is 2.19. The highest BCUT2D eigenvalue weighted by atomic mass is 32.2. The average Bonchev–Trinajstić information content (AvgIpc) is 3.59. The number of carbonyl (C=O) groups excluding carboxylic acids is 3. The van der Waals surface area contributed by atoms with Crippen LogP contribution >= 0.6 is 11.8 Å². The van der Waals surface area contributed by atoms with Crippen molar-refractivity contribution in [3.63, 3.8) is 0 Å². The van der Waals surface area contributed by atoms with Crippen molar-refractivity contribution < 1.29 is 14.4 Å². The zero-order valence-corrected chi connectivity index (χ0v) is 20.4. The molecule has 2 bridgehead atoms. The van der Waals surface area contributed by atoms with E-state index in [1.54, 1.807) is 19.1 Å². The van der Waals surface area contributed by atoms with E-state index in [1.165, 1.54) is 37.4 Å². The smallest absolute Gasteiger partial charge is 0.253 e. The highest BCUT2D eigenvalue weighted by Crippen LogP contribution is 2.56. The molecule has 3 aliphatic carbocycles. The van der Waals surface area contributed by atoms with Crippen LogP contribution in [0.15, 0.2) is 53.6 Å². The van der Waals surface area contributed by atoms with Gasteiger partial charge in [0, 0.05) is 29.1 Å². The third-order valence-corrected chi connectivity index (χ3v) is 8.10. The number of rotatable bonds is 7. The molecule has 1 atom stereocenters. The lowest BCUT2D eigenvalue weighted by Gasteiger charge is -2.40. The maximum Gasteiger partial charge on any atom is 0.253 e. The molecule has 180 valence electrons. The second-order valence-electron chi connectivity index (χ2n) is 9.57. The van der Waals surface area contributed by atoms with Gasteiger partial charge in [-0.05, 0) is 61.6 Å². The van der Waals surface area contributed by atoms with Gasteiger partial charge in [0.2, 0.25) is 5.91 Å². The molecule has 2 amide bonds. The Bertz CT molecular complexity index is 1260. The van der Waals surface area contributed by atoms with Gasteiger partial charge in [-0.15, -0.1) is 11.8 Å². The van der Waals surface area contributed by atoms with Gasteiger partial charge in [-0.1, -0.05) is 24.8 Å². The van der Waals surface area contributed by atoms with Gasteiger partial charge in [-0.2, -0.15) is 0 Å². The molecule has 0 saturated heterocycles. The fraction of sp³-hybridized carbons (Fsp3) is 0.333. The summed E-state index contributed by atoms with van der Waals surface area (Å²) in [4.78, 5) is 41.5. The molecule has 1 aliphatic heterocycles. The summed E-state index contributed by atoms with van der Waals surface area (Å²) in [5, 5.41) is 7.53. The topological polar surface area (TPSA) is 92.6 Å². The maximum atomic E-state index is 12.8. The van der Waals surface area contributed by atoms with Gasteiger partial charge in [0.05, 0.1) is 17.0 Å². The van der Waals surface area contributed by atoms with Gasteiger partial charge in [-0.25, -0.2) is 4.99 Å². The standard InChI is InChI=1S/C27H28N4O3S/c1-3-19-4-5-20(10-22(19)14-32)23-15-35-16-24(29-23)30-25(33)17(2)28-26(34)21-7-9-31(13-21)27-8-6-18(11-27)12-27/h3-5,7,9-10,13-15,17-18H,1,6,8,11-12,16H2,2H3,(H,28,34)(H,29,30,33)/t17-,18?,27?/m0/s1. The normalized spacial score (nSPS) is 23.4. The molecule has 0 radical (unpaired) electrons. The van der Waals surface area contributed by atoms with Crippen LogP contribution in [0, 0.1) is 5.92 Å². The molecule has 7 nitrogen and oxygen atoms in total. The van der Waals surface area contributed by atoms with Gasteiger partial charge in [0.25, 0.3) is 5.91 Å². The van der Waals surface area contributed by atoms with Crippen molar-refractivity contribution in [2.45, 2.75) is 44.2 Å². The number of benzene rings is 1. The molecule has 3 fully saturated rings. The summed E-state index contributed by atoms with van der Waals surface area (Å²) in [5.41, 5.74) is 3.50. The highest BCUT2D eigenvalue weighted by Gasteiger charge is 2.51. The number of hydrogen-bond donors (Lipinski definition) is 2. The second kappa shape index (κ2) is 9.34. The molecule has 2 aromatic rings. The molecule has 2 heterocycles. The van der Waals surface area contributed by atoms with Crippen LogP contribution in [0.1, 0.15) is 64.4 Å². The van der Waals surface area contributed by atoms with Crippen LogP contribution in [0.25, 0.3) is 11.8 Å². The second-order valence-corrected chi connectivity index (χ2v) is 10.4. The van der Waals surface area contributed by atoms with Gasteiger partial charge in [0.1, 0.15) is 11.9 Å². The van der Waals surface area contributed by atoms with E-state index in [-0.39, 0.29) is 17.4 Å². The number of aliphatic imine (C=N–C) groups is 1. The zero-order valence-electron chi connectivity index (χ0n) is 19.6. The Morgan fingerprint density at radius 2 is 2.11 bits per heavy atom. The molecule has 8 heteroatoms. The molecule has 0 unspecified atom stereocenters. The van der Waals surface area contributed by atoms with E-state index in [1.807, 2.05) is 36.0 Å². The first-order valence-corrected chi connectivity index (χ1v) is 12.9. The number of thioether (sulfide) groups is 1. The van der Waals surface area contributed by atoms with E-state index in [9.17, 15) is 14.4 Å². The lowest BCUT2D eigenvalue weighted by atomic mass is 9.77. The number of amidine groups is 1. The van der Waals surface area contributed by atoms with E-state index in [2.05, 4.69) is 26.8 Å². The fourth-order valence-corrected chi connectivity index (χ4v) is 6.00. The summed E-state index contributed by atoms with van der Waals surface area (Å²) in [7, 11) is 0. The number of nitrogens with zero attached hydrogens (tertiary/aromatic N) is 2. The van der Waals surface area contributed by atoms with Crippen molar-refractivity contribution in [3.05, 3.63) is 70.9 Å². The lowest BCUT2D eigenvalue weighted by molar-refractivity contribution is -0.121. The van der Waals surface area contributed by atoms with Gasteiger partial charge >= 0.3 is 0 Å². The minimum atomic E-state index is -0.723. The molecule has 0 spiro atoms. The van der Waals surface area contributed by atoms with Crippen LogP contribution in [-0.4, -0.2) is 40.3 Å². The number of carbonyl (C=O) groups is 3. The summed E-state index contributed by atoms with van der Waals surface area (Å²) in [5.74, 6) is 1.26. The minimum absolute atomic E-state index is 0.201. The van der Waals surface area contributed by atoms with Crippen molar-refractivity contribution in [3.8, 4) is 0 Å².